The molecule has 80 valence electrons. The zero-order chi connectivity index (χ0) is 9.54. The van der Waals surface area contributed by atoms with Gasteiger partial charge in [0, 0.05) is 19.8 Å². The van der Waals surface area contributed by atoms with E-state index in [-0.39, 0.29) is 25.3 Å². The molecule has 0 aromatic heterocycles. The first-order valence-electron chi connectivity index (χ1n) is 3.72. The Kier molecular flexibility index (Phi) is 84.9. The maximum absolute atomic E-state index is 8.00. The Morgan fingerprint density at radius 2 is 1.25 bits per heavy atom. The normalized spacial score (nSPS) is 6.50. The molecule has 0 unspecified atom stereocenters. The maximum atomic E-state index is 8.00. The lowest BCUT2D eigenvalue weighted by Gasteiger charge is -1.84. The Balaban J connectivity index is -0.0000000406. The SMILES string of the molecule is CCO.CCO.CNCCO.O. The van der Waals surface area contributed by atoms with Gasteiger partial charge in [0.15, 0.2) is 0 Å². The van der Waals surface area contributed by atoms with E-state index in [1.807, 2.05) is 0 Å². The number of nitrogens with one attached hydrogen (secondary N) is 1. The molecule has 6 N–H and O–H groups in total. The Hall–Kier alpha value is -0.200. The number of rotatable bonds is 2. The minimum absolute atomic E-state index is 0. The molecular formula is C7H23NO4. The van der Waals surface area contributed by atoms with Crippen molar-refractivity contribution in [1.29, 1.82) is 0 Å². The van der Waals surface area contributed by atoms with Gasteiger partial charge < -0.3 is 26.1 Å². The minimum atomic E-state index is 0. The van der Waals surface area contributed by atoms with Crippen LogP contribution in [0.4, 0.5) is 0 Å². The molecule has 0 radical (unpaired) electrons. The van der Waals surface area contributed by atoms with Gasteiger partial charge >= 0.3 is 0 Å². The lowest BCUT2D eigenvalue weighted by molar-refractivity contribution is 0.296. The Morgan fingerprint density at radius 1 is 1.00 bits per heavy atom. The van der Waals surface area contributed by atoms with Crippen LogP contribution in [-0.4, -0.2) is 54.2 Å². The van der Waals surface area contributed by atoms with Gasteiger partial charge in [-0.25, -0.2) is 0 Å². The van der Waals surface area contributed by atoms with Crippen LogP contribution in [0.5, 0.6) is 0 Å². The quantitative estimate of drug-likeness (QED) is 0.414. The molecule has 5 heteroatoms. The first-order chi connectivity index (χ1) is 5.24. The summed E-state index contributed by atoms with van der Waals surface area (Å²) >= 11 is 0. The number of aliphatic hydroxyl groups is 3. The van der Waals surface area contributed by atoms with Crippen LogP contribution < -0.4 is 5.32 Å². The van der Waals surface area contributed by atoms with Crippen LogP contribution in [0.25, 0.3) is 0 Å². The van der Waals surface area contributed by atoms with Crippen LogP contribution in [0, 0.1) is 0 Å². The number of aliphatic hydroxyl groups excluding tert-OH is 3. The van der Waals surface area contributed by atoms with Crippen LogP contribution in [0.2, 0.25) is 0 Å². The van der Waals surface area contributed by atoms with Gasteiger partial charge in [-0.05, 0) is 20.9 Å². The zero-order valence-electron chi connectivity index (χ0n) is 8.17. The lowest BCUT2D eigenvalue weighted by Crippen LogP contribution is -2.10. The van der Waals surface area contributed by atoms with Gasteiger partial charge in [0.2, 0.25) is 0 Å². The monoisotopic (exact) mass is 185 g/mol. The molecule has 0 aromatic rings. The molecule has 0 aliphatic carbocycles. The lowest BCUT2D eigenvalue weighted by atomic mass is 10.7. The Bertz CT molecular complexity index is 34.6. The van der Waals surface area contributed by atoms with E-state index in [4.69, 9.17) is 15.3 Å². The molecule has 0 spiro atoms. The molecule has 0 rings (SSSR count). The molecule has 0 heterocycles. The highest BCUT2D eigenvalue weighted by Gasteiger charge is 1.65. The highest BCUT2D eigenvalue weighted by atomic mass is 16.3. The fraction of sp³-hybridized carbons (Fsp3) is 1.00. The van der Waals surface area contributed by atoms with E-state index in [2.05, 4.69) is 5.32 Å². The van der Waals surface area contributed by atoms with Gasteiger partial charge in [0.1, 0.15) is 0 Å². The van der Waals surface area contributed by atoms with Crippen molar-refractivity contribution in [2.45, 2.75) is 13.8 Å². The first-order valence-corrected chi connectivity index (χ1v) is 3.72. The molecule has 0 aromatic carbocycles. The van der Waals surface area contributed by atoms with Crippen molar-refractivity contribution in [2.75, 3.05) is 33.4 Å². The third-order valence-electron chi connectivity index (χ3n) is 0.362. The van der Waals surface area contributed by atoms with Crippen LogP contribution in [0.15, 0.2) is 0 Å². The first kappa shape index (κ1) is 22.6. The van der Waals surface area contributed by atoms with Crippen LogP contribution in [-0.2, 0) is 0 Å². The summed E-state index contributed by atoms with van der Waals surface area (Å²) in [5, 5.41) is 25.9. The van der Waals surface area contributed by atoms with Gasteiger partial charge in [0.25, 0.3) is 0 Å². The maximum Gasteiger partial charge on any atom is 0.0555 e. The summed E-state index contributed by atoms with van der Waals surface area (Å²) in [6, 6.07) is 0. The summed E-state index contributed by atoms with van der Waals surface area (Å²) in [5.74, 6) is 0. The summed E-state index contributed by atoms with van der Waals surface area (Å²) in [4.78, 5) is 0. The summed E-state index contributed by atoms with van der Waals surface area (Å²) in [7, 11) is 1.80. The minimum Gasteiger partial charge on any atom is -0.412 e. The number of likely N-dealkylation sites (N-methyl/N-ethyl adjacent to an activating group) is 1. The highest BCUT2D eigenvalue weighted by Crippen LogP contribution is 1.42. The van der Waals surface area contributed by atoms with Gasteiger partial charge in [0.05, 0.1) is 6.61 Å². The van der Waals surface area contributed by atoms with E-state index in [1.165, 1.54) is 0 Å². The Labute approximate surface area is 74.4 Å². The van der Waals surface area contributed by atoms with E-state index in [1.54, 1.807) is 20.9 Å². The smallest absolute Gasteiger partial charge is 0.0555 e. The predicted octanol–water partition coefficient (Wildman–Crippen LogP) is -1.63. The summed E-state index contributed by atoms with van der Waals surface area (Å²) in [5.41, 5.74) is 0. The van der Waals surface area contributed by atoms with E-state index in [9.17, 15) is 0 Å². The standard InChI is InChI=1S/C3H9NO.2C2H6O.H2O/c1-4-2-3-5;2*1-2-3;/h4-5H,2-3H2,1H3;2*3H,2H2,1H3;1H2. The van der Waals surface area contributed by atoms with E-state index >= 15 is 0 Å². The van der Waals surface area contributed by atoms with Crippen LogP contribution >= 0.6 is 0 Å². The average Bonchev–Trinajstić information content (AvgIpc) is 1.92. The van der Waals surface area contributed by atoms with Gasteiger partial charge in [-0.1, -0.05) is 0 Å². The molecule has 12 heavy (non-hydrogen) atoms. The highest BCUT2D eigenvalue weighted by molar-refractivity contribution is 4.27. The molecule has 0 aliphatic rings. The predicted molar refractivity (Wildman–Crippen MR) is 50.1 cm³/mol. The van der Waals surface area contributed by atoms with Crippen molar-refractivity contribution in [3.8, 4) is 0 Å². The van der Waals surface area contributed by atoms with Crippen molar-refractivity contribution in [3.63, 3.8) is 0 Å². The second-order valence-corrected chi connectivity index (χ2v) is 1.46. The molecule has 0 fully saturated rings. The van der Waals surface area contributed by atoms with Crippen LogP contribution in [0.3, 0.4) is 0 Å². The topological polar surface area (TPSA) is 104 Å². The van der Waals surface area contributed by atoms with Crippen molar-refractivity contribution in [2.24, 2.45) is 0 Å². The van der Waals surface area contributed by atoms with Gasteiger partial charge in [-0.2, -0.15) is 0 Å². The molecular weight excluding hydrogens is 162 g/mol. The van der Waals surface area contributed by atoms with Gasteiger partial charge in [-0.15, -0.1) is 0 Å². The largest absolute Gasteiger partial charge is 0.412 e. The zero-order valence-corrected chi connectivity index (χ0v) is 8.17. The van der Waals surface area contributed by atoms with E-state index < -0.39 is 0 Å². The van der Waals surface area contributed by atoms with Crippen molar-refractivity contribution in [1.82, 2.24) is 5.32 Å². The number of hydrogen-bond acceptors (Lipinski definition) is 4. The van der Waals surface area contributed by atoms with Gasteiger partial charge in [-0.3, -0.25) is 0 Å². The fourth-order valence-corrected chi connectivity index (χ4v) is 0.112. The number of hydrogen-bond donors (Lipinski definition) is 4. The average molecular weight is 185 g/mol. The summed E-state index contributed by atoms with van der Waals surface area (Å²) in [6.07, 6.45) is 0. The Morgan fingerprint density at radius 3 is 1.25 bits per heavy atom. The molecule has 0 atom stereocenters. The third-order valence-corrected chi connectivity index (χ3v) is 0.362. The molecule has 0 bridgehead atoms. The summed E-state index contributed by atoms with van der Waals surface area (Å²) in [6.45, 7) is 4.79. The molecule has 0 saturated heterocycles. The fourth-order valence-electron chi connectivity index (χ4n) is 0.112. The second-order valence-electron chi connectivity index (χ2n) is 1.46. The second kappa shape index (κ2) is 45.0. The van der Waals surface area contributed by atoms with Crippen molar-refractivity contribution >= 4 is 0 Å². The van der Waals surface area contributed by atoms with Crippen molar-refractivity contribution < 1.29 is 20.8 Å². The third kappa shape index (κ3) is 234. The molecule has 0 saturated carbocycles. The summed E-state index contributed by atoms with van der Waals surface area (Å²) < 4.78 is 0. The molecule has 0 amide bonds. The van der Waals surface area contributed by atoms with E-state index in [0.717, 1.165) is 0 Å². The molecule has 5 nitrogen and oxygen atoms in total. The van der Waals surface area contributed by atoms with Crippen LogP contribution in [0.1, 0.15) is 13.8 Å². The van der Waals surface area contributed by atoms with E-state index in [0.29, 0.717) is 6.54 Å². The van der Waals surface area contributed by atoms with Crippen molar-refractivity contribution in [3.05, 3.63) is 0 Å². The molecule has 0 aliphatic heterocycles.